The van der Waals surface area contributed by atoms with E-state index < -0.39 is 54.3 Å². The fraction of sp³-hybridized carbons (Fsp3) is 0.583. The van der Waals surface area contributed by atoms with Gasteiger partial charge in [-0.2, -0.15) is 0 Å². The summed E-state index contributed by atoms with van der Waals surface area (Å²) in [6.07, 6.45) is -3.73. The van der Waals surface area contributed by atoms with Gasteiger partial charge in [0, 0.05) is 13.3 Å². The molecule has 11 heteroatoms. The van der Waals surface area contributed by atoms with Crippen molar-refractivity contribution in [2.45, 2.75) is 30.5 Å². The quantitative estimate of drug-likeness (QED) is 0.376. The lowest BCUT2D eigenvalue weighted by Gasteiger charge is -2.34. The minimum absolute atomic E-state index is 0.352. The summed E-state index contributed by atoms with van der Waals surface area (Å²) in [5, 5.41) is 28.6. The topological polar surface area (TPSA) is 177 Å². The number of carbonyl (C=O) groups is 1. The number of carboxylic acids is 1. The van der Waals surface area contributed by atoms with E-state index in [0.29, 0.717) is 0 Å². The molecular weight excluding hydrogens is 314 g/mol. The molecule has 1 aliphatic rings. The number of hydrogen-bond donors (Lipinski definition) is 5. The highest BCUT2D eigenvalue weighted by Gasteiger charge is 2.58. The highest BCUT2D eigenvalue weighted by molar-refractivity contribution is 5.68. The maximum absolute atomic E-state index is 12.1. The number of aliphatic hydroxyl groups is 2. The predicted octanol–water partition coefficient (Wildman–Crippen LogP) is -2.99. The summed E-state index contributed by atoms with van der Waals surface area (Å²) in [5.41, 5.74) is 1.31. The number of anilines is 1. The summed E-state index contributed by atoms with van der Waals surface area (Å²) in [6.45, 7) is -0.629. The second-order valence-corrected chi connectivity index (χ2v) is 5.11. The van der Waals surface area contributed by atoms with Crippen molar-refractivity contribution in [2.24, 2.45) is 0 Å². The van der Waals surface area contributed by atoms with Gasteiger partial charge in [0.25, 0.3) is 5.56 Å². The minimum atomic E-state index is -1.98. The Hall–Kier alpha value is -2.21. The van der Waals surface area contributed by atoms with Crippen molar-refractivity contribution >= 4 is 11.7 Å². The highest BCUT2D eigenvalue weighted by Crippen LogP contribution is 2.39. The van der Waals surface area contributed by atoms with Crippen LogP contribution in [-0.2, 0) is 20.0 Å². The minimum Gasteiger partial charge on any atom is -0.481 e. The maximum atomic E-state index is 12.1. The molecule has 0 aliphatic carbocycles. The molecule has 1 fully saturated rings. The number of hydrogen-bond acceptors (Lipinski definition) is 8. The molecule has 0 radical (unpaired) electrons. The SMILES string of the molecule is CO[C@@H]1[C@H](O)[C@@H](CO)O[C@@]1(CC(=O)O)n1cc(N)c(=O)[nH]c1=O. The van der Waals surface area contributed by atoms with Crippen LogP contribution in [0.3, 0.4) is 0 Å². The monoisotopic (exact) mass is 331 g/mol. The Kier molecular flexibility index (Phi) is 4.56. The van der Waals surface area contributed by atoms with Crippen LogP contribution in [0.15, 0.2) is 15.8 Å². The van der Waals surface area contributed by atoms with Gasteiger partial charge in [0.15, 0.2) is 5.72 Å². The molecule has 0 aromatic carbocycles. The van der Waals surface area contributed by atoms with Crippen molar-refractivity contribution in [3.63, 3.8) is 0 Å². The zero-order valence-electron chi connectivity index (χ0n) is 12.1. The van der Waals surface area contributed by atoms with E-state index in [1.165, 1.54) is 7.11 Å². The molecule has 0 bridgehead atoms. The van der Waals surface area contributed by atoms with Crippen LogP contribution in [0.5, 0.6) is 0 Å². The van der Waals surface area contributed by atoms with Crippen LogP contribution in [0.25, 0.3) is 0 Å². The Morgan fingerprint density at radius 1 is 1.57 bits per heavy atom. The summed E-state index contributed by atoms with van der Waals surface area (Å²) >= 11 is 0. The van der Waals surface area contributed by atoms with E-state index in [1.807, 2.05) is 4.98 Å². The van der Waals surface area contributed by atoms with Gasteiger partial charge in [-0.05, 0) is 0 Å². The van der Waals surface area contributed by atoms with Crippen LogP contribution in [0.2, 0.25) is 0 Å². The van der Waals surface area contributed by atoms with E-state index in [4.69, 9.17) is 15.2 Å². The van der Waals surface area contributed by atoms with E-state index in [9.17, 15) is 29.7 Å². The molecule has 1 aliphatic heterocycles. The molecule has 23 heavy (non-hydrogen) atoms. The molecule has 11 nitrogen and oxygen atoms in total. The van der Waals surface area contributed by atoms with Gasteiger partial charge in [-0.25, -0.2) is 4.79 Å². The summed E-state index contributed by atoms with van der Waals surface area (Å²) in [4.78, 5) is 36.7. The van der Waals surface area contributed by atoms with E-state index in [0.717, 1.165) is 10.8 Å². The van der Waals surface area contributed by atoms with Crippen LogP contribution >= 0.6 is 0 Å². The van der Waals surface area contributed by atoms with Crippen LogP contribution < -0.4 is 17.0 Å². The number of aromatic nitrogens is 2. The summed E-state index contributed by atoms with van der Waals surface area (Å²) < 4.78 is 11.3. The third-order valence-corrected chi connectivity index (χ3v) is 3.71. The smallest absolute Gasteiger partial charge is 0.330 e. The average Bonchev–Trinajstić information content (AvgIpc) is 2.74. The third kappa shape index (κ3) is 2.74. The Balaban J connectivity index is 2.70. The molecular formula is C12H17N3O8. The number of aliphatic carboxylic acids is 1. The number of nitrogen functional groups attached to an aromatic ring is 1. The normalized spacial score (nSPS) is 30.5. The van der Waals surface area contributed by atoms with Gasteiger partial charge in [-0.1, -0.05) is 0 Å². The molecule has 6 N–H and O–H groups in total. The fourth-order valence-corrected chi connectivity index (χ4v) is 2.73. The fourth-order valence-electron chi connectivity index (χ4n) is 2.73. The van der Waals surface area contributed by atoms with Crippen LogP contribution in [0, 0.1) is 0 Å². The van der Waals surface area contributed by atoms with Gasteiger partial charge in [0.2, 0.25) is 0 Å². The Bertz CT molecular complexity index is 713. The van der Waals surface area contributed by atoms with Gasteiger partial charge < -0.3 is 30.5 Å². The first-order valence-electron chi connectivity index (χ1n) is 6.60. The Morgan fingerprint density at radius 3 is 2.74 bits per heavy atom. The number of rotatable bonds is 5. The number of aromatic amines is 1. The molecule has 1 aromatic rings. The van der Waals surface area contributed by atoms with Crippen molar-refractivity contribution in [2.75, 3.05) is 19.5 Å². The molecule has 1 saturated heterocycles. The van der Waals surface area contributed by atoms with Crippen LogP contribution in [-0.4, -0.2) is 62.9 Å². The second-order valence-electron chi connectivity index (χ2n) is 5.11. The summed E-state index contributed by atoms with van der Waals surface area (Å²) in [7, 11) is 1.19. The Morgan fingerprint density at radius 2 is 2.22 bits per heavy atom. The van der Waals surface area contributed by atoms with E-state index in [2.05, 4.69) is 0 Å². The zero-order valence-corrected chi connectivity index (χ0v) is 12.1. The number of nitrogens with two attached hydrogens (primary N) is 1. The van der Waals surface area contributed by atoms with Gasteiger partial charge in [-0.3, -0.25) is 19.1 Å². The van der Waals surface area contributed by atoms with E-state index >= 15 is 0 Å². The molecule has 1 aromatic heterocycles. The van der Waals surface area contributed by atoms with Crippen molar-refractivity contribution in [1.82, 2.24) is 9.55 Å². The summed E-state index contributed by atoms with van der Waals surface area (Å²) in [5.74, 6) is -1.35. The predicted molar refractivity (Wildman–Crippen MR) is 74.7 cm³/mol. The lowest BCUT2D eigenvalue weighted by molar-refractivity contribution is -0.178. The first-order valence-corrected chi connectivity index (χ1v) is 6.60. The van der Waals surface area contributed by atoms with Gasteiger partial charge in [0.05, 0.1) is 13.0 Å². The number of carboxylic acid groups (broad SMARTS) is 1. The van der Waals surface area contributed by atoms with E-state index in [1.54, 1.807) is 0 Å². The lowest BCUT2D eigenvalue weighted by Crippen LogP contribution is -2.53. The third-order valence-electron chi connectivity index (χ3n) is 3.71. The number of methoxy groups -OCH3 is 1. The van der Waals surface area contributed by atoms with Crippen LogP contribution in [0.1, 0.15) is 6.42 Å². The molecule has 0 saturated carbocycles. The molecule has 128 valence electrons. The number of aliphatic hydroxyl groups excluding tert-OH is 2. The average molecular weight is 331 g/mol. The van der Waals surface area contributed by atoms with Gasteiger partial charge >= 0.3 is 11.7 Å². The molecule has 0 amide bonds. The standard InChI is InChI=1S/C12H17N3O8/c1-22-9-8(19)6(4-16)23-12(9,2-7(17)18)15-3-5(13)10(20)14-11(15)21/h3,6,8-9,16,19H,2,4,13H2,1H3,(H,17,18)(H,14,20,21)/t6-,8-,9-,12-/m1/s1. The van der Waals surface area contributed by atoms with Crippen molar-refractivity contribution in [1.29, 1.82) is 0 Å². The van der Waals surface area contributed by atoms with Crippen molar-refractivity contribution < 1.29 is 29.6 Å². The number of H-pyrrole nitrogens is 1. The molecule has 2 rings (SSSR count). The number of nitrogens with one attached hydrogen (secondary N) is 1. The summed E-state index contributed by atoms with van der Waals surface area (Å²) in [6, 6.07) is 0. The second kappa shape index (κ2) is 6.12. The highest BCUT2D eigenvalue weighted by atomic mass is 16.6. The van der Waals surface area contributed by atoms with E-state index in [-0.39, 0.29) is 5.69 Å². The van der Waals surface area contributed by atoms with Gasteiger partial charge in [0.1, 0.15) is 24.0 Å². The van der Waals surface area contributed by atoms with Gasteiger partial charge in [-0.15, -0.1) is 0 Å². The lowest BCUT2D eigenvalue weighted by atomic mass is 9.98. The molecule has 0 unspecified atom stereocenters. The number of nitrogens with zero attached hydrogens (tertiary/aromatic N) is 1. The van der Waals surface area contributed by atoms with Crippen molar-refractivity contribution in [3.8, 4) is 0 Å². The zero-order chi connectivity index (χ0) is 17.4. The Labute approximate surface area is 128 Å². The first kappa shape index (κ1) is 17.1. The van der Waals surface area contributed by atoms with Crippen LogP contribution in [0.4, 0.5) is 5.69 Å². The number of ether oxygens (including phenoxy) is 2. The molecule has 4 atom stereocenters. The van der Waals surface area contributed by atoms with Crippen molar-refractivity contribution in [3.05, 3.63) is 27.0 Å². The maximum Gasteiger partial charge on any atom is 0.330 e. The largest absolute Gasteiger partial charge is 0.481 e. The first-order chi connectivity index (χ1) is 10.8. The molecule has 2 heterocycles. The molecule has 0 spiro atoms.